The van der Waals surface area contributed by atoms with Crippen LogP contribution in [0, 0.1) is 11.7 Å². The fourth-order valence-electron chi connectivity index (χ4n) is 3.33. The maximum atomic E-state index is 13.7. The monoisotopic (exact) mass is 364 g/mol. The van der Waals surface area contributed by atoms with Gasteiger partial charge in [0.2, 0.25) is 5.95 Å². The Bertz CT molecular complexity index is 890. The zero-order valence-corrected chi connectivity index (χ0v) is 15.0. The van der Waals surface area contributed by atoms with Gasteiger partial charge in [-0.05, 0) is 43.2 Å². The highest BCUT2D eigenvalue weighted by Gasteiger charge is 2.23. The molecule has 0 amide bonds. The fourth-order valence-corrected chi connectivity index (χ4v) is 3.33. The van der Waals surface area contributed by atoms with Gasteiger partial charge in [-0.3, -0.25) is 4.98 Å². The van der Waals surface area contributed by atoms with E-state index in [0.717, 1.165) is 37.2 Å². The molecule has 4 rings (SSSR count). The van der Waals surface area contributed by atoms with Crippen LogP contribution in [0.15, 0.2) is 61.1 Å². The first kappa shape index (κ1) is 17.4. The summed E-state index contributed by atoms with van der Waals surface area (Å²) in [6, 6.07) is 12.3. The summed E-state index contributed by atoms with van der Waals surface area (Å²) in [5, 5.41) is 0. The number of benzene rings is 1. The molecule has 1 aromatic carbocycles. The topological polar surface area (TPSA) is 51.1 Å². The Morgan fingerprint density at radius 1 is 1.11 bits per heavy atom. The van der Waals surface area contributed by atoms with Gasteiger partial charge in [0.15, 0.2) is 11.6 Å². The first-order valence-corrected chi connectivity index (χ1v) is 9.15. The first-order valence-electron chi connectivity index (χ1n) is 9.15. The van der Waals surface area contributed by atoms with Gasteiger partial charge in [0.05, 0.1) is 12.3 Å². The highest BCUT2D eigenvalue weighted by molar-refractivity contribution is 5.58. The van der Waals surface area contributed by atoms with Gasteiger partial charge in [0.1, 0.15) is 0 Å². The van der Waals surface area contributed by atoms with Gasteiger partial charge >= 0.3 is 0 Å². The molecule has 0 saturated carbocycles. The molecule has 3 heterocycles. The summed E-state index contributed by atoms with van der Waals surface area (Å²) in [6.45, 7) is 2.19. The minimum absolute atomic E-state index is 0.309. The van der Waals surface area contributed by atoms with Crippen LogP contribution in [0.5, 0.6) is 5.75 Å². The minimum atomic E-state index is -0.322. The second kappa shape index (κ2) is 8.12. The quantitative estimate of drug-likeness (QED) is 0.686. The molecular formula is C21H21FN4O. The van der Waals surface area contributed by atoms with Crippen LogP contribution in [0.25, 0.3) is 11.3 Å². The highest BCUT2D eigenvalue weighted by Crippen LogP contribution is 2.24. The second-order valence-electron chi connectivity index (χ2n) is 6.68. The number of nitrogens with zero attached hydrogens (tertiary/aromatic N) is 4. The number of anilines is 1. The van der Waals surface area contributed by atoms with E-state index in [2.05, 4.69) is 14.9 Å². The summed E-state index contributed by atoms with van der Waals surface area (Å²) in [7, 11) is 0. The number of para-hydroxylation sites is 1. The van der Waals surface area contributed by atoms with E-state index in [1.54, 1.807) is 36.8 Å². The van der Waals surface area contributed by atoms with E-state index in [0.29, 0.717) is 24.2 Å². The Hall–Kier alpha value is -3.02. The largest absolute Gasteiger partial charge is 0.490 e. The van der Waals surface area contributed by atoms with E-state index in [-0.39, 0.29) is 5.82 Å². The zero-order valence-electron chi connectivity index (χ0n) is 15.0. The van der Waals surface area contributed by atoms with Gasteiger partial charge in [0, 0.05) is 43.2 Å². The Morgan fingerprint density at radius 3 is 2.89 bits per heavy atom. The molecule has 0 radical (unpaired) electrons. The molecule has 0 unspecified atom stereocenters. The van der Waals surface area contributed by atoms with Crippen molar-refractivity contribution in [2.45, 2.75) is 12.8 Å². The molecule has 2 aromatic heterocycles. The Labute approximate surface area is 157 Å². The maximum absolute atomic E-state index is 13.7. The van der Waals surface area contributed by atoms with E-state index >= 15 is 0 Å². The van der Waals surface area contributed by atoms with Crippen molar-refractivity contribution in [2.75, 3.05) is 24.6 Å². The van der Waals surface area contributed by atoms with Crippen molar-refractivity contribution in [3.8, 4) is 17.0 Å². The summed E-state index contributed by atoms with van der Waals surface area (Å²) in [6.07, 6.45) is 7.41. The van der Waals surface area contributed by atoms with Crippen LogP contribution in [0.4, 0.5) is 10.3 Å². The molecule has 0 spiro atoms. The van der Waals surface area contributed by atoms with Crippen LogP contribution in [-0.2, 0) is 0 Å². The average Bonchev–Trinajstić information content (AvgIpc) is 2.74. The van der Waals surface area contributed by atoms with Gasteiger partial charge < -0.3 is 9.64 Å². The SMILES string of the molecule is Fc1ccccc1OC[C@@H]1CCCN(c2nccc(-c3cccnc3)n2)C1. The molecule has 138 valence electrons. The van der Waals surface area contributed by atoms with Gasteiger partial charge in [-0.1, -0.05) is 12.1 Å². The van der Waals surface area contributed by atoms with Crippen LogP contribution < -0.4 is 9.64 Å². The lowest BCUT2D eigenvalue weighted by atomic mass is 9.99. The van der Waals surface area contributed by atoms with E-state index < -0.39 is 0 Å². The number of ether oxygens (including phenoxy) is 1. The lowest BCUT2D eigenvalue weighted by molar-refractivity contribution is 0.220. The molecule has 1 aliphatic heterocycles. The maximum Gasteiger partial charge on any atom is 0.225 e. The van der Waals surface area contributed by atoms with Crippen molar-refractivity contribution >= 4 is 5.95 Å². The number of hydrogen-bond acceptors (Lipinski definition) is 5. The molecule has 6 heteroatoms. The number of pyridine rings is 1. The number of piperidine rings is 1. The predicted molar refractivity (Wildman–Crippen MR) is 102 cm³/mol. The summed E-state index contributed by atoms with van der Waals surface area (Å²) in [4.78, 5) is 15.5. The third-order valence-electron chi connectivity index (χ3n) is 4.71. The molecular weight excluding hydrogens is 343 g/mol. The molecule has 5 nitrogen and oxygen atoms in total. The lowest BCUT2D eigenvalue weighted by Gasteiger charge is -2.32. The van der Waals surface area contributed by atoms with Gasteiger partial charge in [0.25, 0.3) is 0 Å². The van der Waals surface area contributed by atoms with Crippen LogP contribution >= 0.6 is 0 Å². The van der Waals surface area contributed by atoms with Crippen molar-refractivity contribution in [1.29, 1.82) is 0 Å². The van der Waals surface area contributed by atoms with Crippen molar-refractivity contribution in [1.82, 2.24) is 15.0 Å². The molecule has 0 N–H and O–H groups in total. The van der Waals surface area contributed by atoms with Crippen LogP contribution in [-0.4, -0.2) is 34.6 Å². The standard InChI is InChI=1S/C21H21FN4O/c22-18-7-1-2-8-20(18)27-15-16-5-4-12-26(14-16)21-24-11-9-19(25-21)17-6-3-10-23-13-17/h1-3,6-11,13,16H,4-5,12,14-15H2/t16-/m1/s1. The molecule has 1 aliphatic rings. The van der Waals surface area contributed by atoms with Crippen LogP contribution in [0.1, 0.15) is 12.8 Å². The van der Waals surface area contributed by atoms with Crippen LogP contribution in [0.2, 0.25) is 0 Å². The number of rotatable bonds is 5. The summed E-state index contributed by atoms with van der Waals surface area (Å²) in [5.74, 6) is 1.01. The number of halogens is 1. The third kappa shape index (κ3) is 4.22. The lowest BCUT2D eigenvalue weighted by Crippen LogP contribution is -2.38. The molecule has 1 fully saturated rings. The second-order valence-corrected chi connectivity index (χ2v) is 6.68. The van der Waals surface area contributed by atoms with Crippen molar-refractivity contribution in [3.05, 3.63) is 66.9 Å². The average molecular weight is 364 g/mol. The summed E-state index contributed by atoms with van der Waals surface area (Å²) in [5.41, 5.74) is 1.83. The van der Waals surface area contributed by atoms with E-state index in [4.69, 9.17) is 9.72 Å². The molecule has 0 aliphatic carbocycles. The van der Waals surface area contributed by atoms with Crippen molar-refractivity contribution < 1.29 is 9.13 Å². The summed E-state index contributed by atoms with van der Waals surface area (Å²) >= 11 is 0. The highest BCUT2D eigenvalue weighted by atomic mass is 19.1. The fraction of sp³-hybridized carbons (Fsp3) is 0.286. The van der Waals surface area contributed by atoms with Crippen molar-refractivity contribution in [2.24, 2.45) is 5.92 Å². The minimum Gasteiger partial charge on any atom is -0.490 e. The zero-order chi connectivity index (χ0) is 18.5. The molecule has 1 atom stereocenters. The van der Waals surface area contributed by atoms with Gasteiger partial charge in [-0.25, -0.2) is 14.4 Å². The Balaban J connectivity index is 1.43. The molecule has 27 heavy (non-hydrogen) atoms. The summed E-state index contributed by atoms with van der Waals surface area (Å²) < 4.78 is 19.4. The predicted octanol–water partition coefficient (Wildman–Crippen LogP) is 3.97. The molecule has 0 bridgehead atoms. The Morgan fingerprint density at radius 2 is 2.04 bits per heavy atom. The molecule has 1 saturated heterocycles. The van der Waals surface area contributed by atoms with E-state index in [9.17, 15) is 4.39 Å². The number of aromatic nitrogens is 3. The normalized spacial score (nSPS) is 16.9. The van der Waals surface area contributed by atoms with Crippen molar-refractivity contribution in [3.63, 3.8) is 0 Å². The van der Waals surface area contributed by atoms with E-state index in [1.165, 1.54) is 6.07 Å². The van der Waals surface area contributed by atoms with E-state index in [1.807, 2.05) is 18.2 Å². The van der Waals surface area contributed by atoms with Gasteiger partial charge in [-0.2, -0.15) is 0 Å². The smallest absolute Gasteiger partial charge is 0.225 e. The van der Waals surface area contributed by atoms with Crippen LogP contribution in [0.3, 0.4) is 0 Å². The third-order valence-corrected chi connectivity index (χ3v) is 4.71. The number of hydrogen-bond donors (Lipinski definition) is 0. The Kier molecular flexibility index (Phi) is 5.23. The first-order chi connectivity index (χ1) is 13.3. The van der Waals surface area contributed by atoms with Gasteiger partial charge in [-0.15, -0.1) is 0 Å². The molecule has 3 aromatic rings.